The van der Waals surface area contributed by atoms with Crippen LogP contribution in [0.2, 0.25) is 0 Å². The predicted molar refractivity (Wildman–Crippen MR) is 88.8 cm³/mol. The van der Waals surface area contributed by atoms with E-state index in [0.29, 0.717) is 0 Å². The van der Waals surface area contributed by atoms with Crippen molar-refractivity contribution < 1.29 is 0 Å². The van der Waals surface area contributed by atoms with Crippen molar-refractivity contribution in [2.45, 2.75) is 13.5 Å². The molecule has 1 aromatic carbocycles. The average molecular weight is 284 g/mol. The number of pyridine rings is 1. The Hall–Kier alpha value is -1.65. The van der Waals surface area contributed by atoms with Gasteiger partial charge in [0.05, 0.1) is 5.52 Å². The molecule has 1 N–H and O–H groups in total. The third-order valence-electron chi connectivity index (χ3n) is 4.18. The number of hydrogen-bond acceptors (Lipinski definition) is 4. The van der Waals surface area contributed by atoms with Crippen LogP contribution in [0, 0.1) is 0 Å². The summed E-state index contributed by atoms with van der Waals surface area (Å²) < 4.78 is 0. The van der Waals surface area contributed by atoms with E-state index in [2.05, 4.69) is 59.4 Å². The maximum Gasteiger partial charge on any atom is 0.129 e. The smallest absolute Gasteiger partial charge is 0.129 e. The SMILES string of the molecule is CCNCc1cc(N2CCN(C)CC2)nc2ccccc12. The molecule has 2 aromatic rings. The Morgan fingerprint density at radius 2 is 1.90 bits per heavy atom. The van der Waals surface area contributed by atoms with Gasteiger partial charge in [-0.3, -0.25) is 0 Å². The molecule has 1 aromatic heterocycles. The highest BCUT2D eigenvalue weighted by molar-refractivity contribution is 5.84. The highest BCUT2D eigenvalue weighted by Gasteiger charge is 2.16. The van der Waals surface area contributed by atoms with E-state index in [9.17, 15) is 0 Å². The first-order chi connectivity index (χ1) is 10.3. The third-order valence-corrected chi connectivity index (χ3v) is 4.18. The fourth-order valence-electron chi connectivity index (χ4n) is 2.84. The van der Waals surface area contributed by atoms with Crippen LogP contribution < -0.4 is 10.2 Å². The summed E-state index contributed by atoms with van der Waals surface area (Å²) in [6, 6.07) is 10.7. The molecular formula is C17H24N4. The lowest BCUT2D eigenvalue weighted by Gasteiger charge is -2.33. The van der Waals surface area contributed by atoms with Gasteiger partial charge in [-0.2, -0.15) is 0 Å². The van der Waals surface area contributed by atoms with Gasteiger partial charge in [0, 0.05) is 38.1 Å². The van der Waals surface area contributed by atoms with E-state index in [-0.39, 0.29) is 0 Å². The van der Waals surface area contributed by atoms with E-state index in [0.717, 1.165) is 50.6 Å². The summed E-state index contributed by atoms with van der Waals surface area (Å²) in [6.45, 7) is 8.37. The standard InChI is InChI=1S/C17H24N4/c1-3-18-13-14-12-17(21-10-8-20(2)9-11-21)19-16-7-5-4-6-15(14)16/h4-7,12,18H,3,8-11,13H2,1-2H3. The Labute approximate surface area is 126 Å². The molecule has 0 atom stereocenters. The number of likely N-dealkylation sites (N-methyl/N-ethyl adjacent to an activating group) is 1. The molecule has 0 amide bonds. The van der Waals surface area contributed by atoms with Gasteiger partial charge in [0.25, 0.3) is 0 Å². The van der Waals surface area contributed by atoms with Crippen molar-refractivity contribution in [3.8, 4) is 0 Å². The molecule has 1 aliphatic rings. The molecule has 21 heavy (non-hydrogen) atoms. The van der Waals surface area contributed by atoms with E-state index in [4.69, 9.17) is 4.98 Å². The lowest BCUT2D eigenvalue weighted by Crippen LogP contribution is -2.44. The zero-order chi connectivity index (χ0) is 14.7. The zero-order valence-corrected chi connectivity index (χ0v) is 13.0. The third kappa shape index (κ3) is 3.17. The van der Waals surface area contributed by atoms with Crippen LogP contribution in [-0.2, 0) is 6.54 Å². The number of aromatic nitrogens is 1. The van der Waals surface area contributed by atoms with Gasteiger partial charge in [-0.1, -0.05) is 25.1 Å². The van der Waals surface area contributed by atoms with Crippen LogP contribution >= 0.6 is 0 Å². The van der Waals surface area contributed by atoms with Gasteiger partial charge in [0.2, 0.25) is 0 Å². The van der Waals surface area contributed by atoms with Crippen molar-refractivity contribution in [3.05, 3.63) is 35.9 Å². The van der Waals surface area contributed by atoms with Crippen LogP contribution in [0.1, 0.15) is 12.5 Å². The number of hydrogen-bond donors (Lipinski definition) is 1. The first-order valence-corrected chi connectivity index (χ1v) is 7.81. The average Bonchev–Trinajstić information content (AvgIpc) is 2.53. The Kier molecular flexibility index (Phi) is 4.36. The van der Waals surface area contributed by atoms with Gasteiger partial charge in [0.15, 0.2) is 0 Å². The second-order valence-electron chi connectivity index (χ2n) is 5.73. The molecule has 0 saturated carbocycles. The first kappa shape index (κ1) is 14.3. The minimum Gasteiger partial charge on any atom is -0.354 e. The van der Waals surface area contributed by atoms with Crippen molar-refractivity contribution in [1.29, 1.82) is 0 Å². The van der Waals surface area contributed by atoms with Crippen molar-refractivity contribution in [1.82, 2.24) is 15.2 Å². The van der Waals surface area contributed by atoms with Gasteiger partial charge in [0.1, 0.15) is 5.82 Å². The largest absolute Gasteiger partial charge is 0.354 e. The molecule has 0 spiro atoms. The maximum atomic E-state index is 4.87. The van der Waals surface area contributed by atoms with E-state index < -0.39 is 0 Å². The van der Waals surface area contributed by atoms with Crippen LogP contribution in [0.25, 0.3) is 10.9 Å². The maximum absolute atomic E-state index is 4.87. The van der Waals surface area contributed by atoms with Crippen LogP contribution in [0.15, 0.2) is 30.3 Å². The van der Waals surface area contributed by atoms with Gasteiger partial charge in [-0.05, 0) is 31.3 Å². The number of para-hydroxylation sites is 1. The molecule has 1 saturated heterocycles. The molecular weight excluding hydrogens is 260 g/mol. The molecule has 1 fully saturated rings. The molecule has 2 heterocycles. The lowest BCUT2D eigenvalue weighted by molar-refractivity contribution is 0.312. The Bertz CT molecular complexity index is 603. The van der Waals surface area contributed by atoms with Crippen LogP contribution in [-0.4, -0.2) is 49.7 Å². The van der Waals surface area contributed by atoms with Gasteiger partial charge in [-0.15, -0.1) is 0 Å². The summed E-state index contributed by atoms with van der Waals surface area (Å²) in [5, 5.41) is 4.70. The van der Waals surface area contributed by atoms with Crippen molar-refractivity contribution in [3.63, 3.8) is 0 Å². The van der Waals surface area contributed by atoms with Crippen LogP contribution in [0.5, 0.6) is 0 Å². The normalized spacial score (nSPS) is 16.6. The lowest BCUT2D eigenvalue weighted by atomic mass is 10.1. The minimum atomic E-state index is 0.903. The predicted octanol–water partition coefficient (Wildman–Crippen LogP) is 2.10. The van der Waals surface area contributed by atoms with E-state index >= 15 is 0 Å². The van der Waals surface area contributed by atoms with Gasteiger partial charge in [-0.25, -0.2) is 4.98 Å². The number of anilines is 1. The highest BCUT2D eigenvalue weighted by Crippen LogP contribution is 2.23. The molecule has 0 unspecified atom stereocenters. The summed E-state index contributed by atoms with van der Waals surface area (Å²) in [5.41, 5.74) is 2.44. The number of nitrogens with zero attached hydrogens (tertiary/aromatic N) is 3. The molecule has 4 nitrogen and oxygen atoms in total. The fraction of sp³-hybridized carbons (Fsp3) is 0.471. The van der Waals surface area contributed by atoms with Crippen molar-refractivity contribution in [2.24, 2.45) is 0 Å². The summed E-state index contributed by atoms with van der Waals surface area (Å²) >= 11 is 0. The van der Waals surface area contributed by atoms with Gasteiger partial charge >= 0.3 is 0 Å². The summed E-state index contributed by atoms with van der Waals surface area (Å²) in [7, 11) is 2.18. The Morgan fingerprint density at radius 3 is 2.67 bits per heavy atom. The summed E-state index contributed by atoms with van der Waals surface area (Å²) in [6.07, 6.45) is 0. The Balaban J connectivity index is 1.95. The molecule has 4 heteroatoms. The van der Waals surface area contributed by atoms with Crippen molar-refractivity contribution >= 4 is 16.7 Å². The topological polar surface area (TPSA) is 31.4 Å². The highest BCUT2D eigenvalue weighted by atomic mass is 15.3. The fourth-order valence-corrected chi connectivity index (χ4v) is 2.84. The minimum absolute atomic E-state index is 0.903. The number of fused-ring (bicyclic) bond motifs is 1. The zero-order valence-electron chi connectivity index (χ0n) is 13.0. The Morgan fingerprint density at radius 1 is 1.14 bits per heavy atom. The number of benzene rings is 1. The molecule has 0 radical (unpaired) electrons. The number of piperazine rings is 1. The number of nitrogens with one attached hydrogen (secondary N) is 1. The summed E-state index contributed by atoms with van der Waals surface area (Å²) in [5.74, 6) is 1.12. The van der Waals surface area contributed by atoms with E-state index in [1.54, 1.807) is 0 Å². The van der Waals surface area contributed by atoms with Crippen molar-refractivity contribution in [2.75, 3.05) is 44.7 Å². The molecule has 3 rings (SSSR count). The van der Waals surface area contributed by atoms with Gasteiger partial charge < -0.3 is 15.1 Å². The second kappa shape index (κ2) is 6.41. The molecule has 0 aliphatic carbocycles. The quantitative estimate of drug-likeness (QED) is 0.931. The van der Waals surface area contributed by atoms with E-state index in [1.807, 2.05) is 0 Å². The summed E-state index contributed by atoms with van der Waals surface area (Å²) in [4.78, 5) is 9.65. The molecule has 1 aliphatic heterocycles. The second-order valence-corrected chi connectivity index (χ2v) is 5.73. The van der Waals surface area contributed by atoms with Crippen LogP contribution in [0.4, 0.5) is 5.82 Å². The van der Waals surface area contributed by atoms with E-state index in [1.165, 1.54) is 10.9 Å². The molecule has 112 valence electrons. The molecule has 0 bridgehead atoms. The van der Waals surface area contributed by atoms with Crippen LogP contribution in [0.3, 0.4) is 0 Å². The first-order valence-electron chi connectivity index (χ1n) is 7.81. The monoisotopic (exact) mass is 284 g/mol. The number of rotatable bonds is 4.